The number of halogens is 1. The van der Waals surface area contributed by atoms with Crippen LogP contribution in [0.25, 0.3) is 0 Å². The maximum Gasteiger partial charge on any atom is 0.191 e. The largest absolute Gasteiger partial charge is 0.493 e. The monoisotopic (exact) mass is 559 g/mol. The minimum Gasteiger partial charge on any atom is -0.493 e. The molecule has 0 aliphatic heterocycles. The summed E-state index contributed by atoms with van der Waals surface area (Å²) in [6.45, 7) is 7.14. The molecule has 1 aliphatic rings. The van der Waals surface area contributed by atoms with E-state index in [-0.39, 0.29) is 24.0 Å². The van der Waals surface area contributed by atoms with Gasteiger partial charge in [-0.25, -0.2) is 4.98 Å². The molecule has 0 saturated heterocycles. The summed E-state index contributed by atoms with van der Waals surface area (Å²) >= 11 is 0. The van der Waals surface area contributed by atoms with E-state index in [1.807, 2.05) is 19.3 Å². The van der Waals surface area contributed by atoms with Crippen molar-refractivity contribution in [3.63, 3.8) is 0 Å². The Labute approximate surface area is 213 Å². The second-order valence-electron chi connectivity index (χ2n) is 8.57. The molecule has 2 aromatic carbocycles. The lowest BCUT2D eigenvalue weighted by Crippen LogP contribution is -2.36. The first-order valence-corrected chi connectivity index (χ1v) is 11.3. The van der Waals surface area contributed by atoms with Gasteiger partial charge in [-0.15, -0.1) is 24.0 Å². The third-order valence-corrected chi connectivity index (χ3v) is 5.79. The van der Waals surface area contributed by atoms with E-state index in [9.17, 15) is 0 Å². The van der Waals surface area contributed by atoms with Gasteiger partial charge in [0.15, 0.2) is 5.96 Å². The molecule has 1 saturated carbocycles. The molecule has 1 aromatic heterocycles. The number of nitrogens with zero attached hydrogens (tertiary/aromatic N) is 3. The molecule has 33 heavy (non-hydrogen) atoms. The lowest BCUT2D eigenvalue weighted by atomic mass is 10.1. The highest BCUT2D eigenvalue weighted by molar-refractivity contribution is 14.0. The molecule has 0 unspecified atom stereocenters. The van der Waals surface area contributed by atoms with Crippen LogP contribution in [0.5, 0.6) is 5.75 Å². The van der Waals surface area contributed by atoms with Crippen LogP contribution in [0.2, 0.25) is 0 Å². The average Bonchev–Trinajstić information content (AvgIpc) is 3.55. The van der Waals surface area contributed by atoms with Crippen LogP contribution in [0.3, 0.4) is 0 Å². The van der Waals surface area contributed by atoms with Crippen molar-refractivity contribution in [1.29, 1.82) is 0 Å². The molecule has 0 radical (unpaired) electrons. The summed E-state index contributed by atoms with van der Waals surface area (Å²) in [6, 6.07) is 15.0. The zero-order chi connectivity index (χ0) is 22.3. The number of hydrogen-bond donors (Lipinski definition) is 2. The van der Waals surface area contributed by atoms with Crippen LogP contribution in [0.1, 0.15) is 40.9 Å². The SMILES string of the molecule is CN=C(NCc1cccc(Cn2ccnc2C)c1)NCc1ccc(C)cc1OCC1CC1.I. The number of benzene rings is 2. The summed E-state index contributed by atoms with van der Waals surface area (Å²) in [4.78, 5) is 8.69. The molecule has 0 amide bonds. The molecule has 6 nitrogen and oxygen atoms in total. The molecule has 7 heteroatoms. The topological polar surface area (TPSA) is 63.5 Å². The van der Waals surface area contributed by atoms with E-state index in [2.05, 4.69) is 74.6 Å². The second-order valence-corrected chi connectivity index (χ2v) is 8.57. The minimum atomic E-state index is 0. The lowest BCUT2D eigenvalue weighted by Gasteiger charge is -2.16. The zero-order valence-corrected chi connectivity index (χ0v) is 22.0. The lowest BCUT2D eigenvalue weighted by molar-refractivity contribution is 0.296. The first-order valence-electron chi connectivity index (χ1n) is 11.3. The summed E-state index contributed by atoms with van der Waals surface area (Å²) < 4.78 is 8.25. The molecule has 176 valence electrons. The number of aliphatic imine (C=N–C) groups is 1. The van der Waals surface area contributed by atoms with Crippen LogP contribution in [-0.2, 0) is 19.6 Å². The number of guanidine groups is 1. The third kappa shape index (κ3) is 7.48. The van der Waals surface area contributed by atoms with Gasteiger partial charge in [-0.05, 0) is 55.4 Å². The Hall–Kier alpha value is -2.55. The van der Waals surface area contributed by atoms with Crippen molar-refractivity contribution in [1.82, 2.24) is 20.2 Å². The maximum absolute atomic E-state index is 6.09. The van der Waals surface area contributed by atoms with Crippen LogP contribution in [-0.4, -0.2) is 29.2 Å². The summed E-state index contributed by atoms with van der Waals surface area (Å²) in [6.07, 6.45) is 6.44. The highest BCUT2D eigenvalue weighted by Crippen LogP contribution is 2.30. The van der Waals surface area contributed by atoms with Crippen molar-refractivity contribution >= 4 is 29.9 Å². The van der Waals surface area contributed by atoms with Gasteiger partial charge >= 0.3 is 0 Å². The third-order valence-electron chi connectivity index (χ3n) is 5.79. The van der Waals surface area contributed by atoms with Crippen LogP contribution in [0.4, 0.5) is 0 Å². The Morgan fingerprint density at radius 2 is 1.88 bits per heavy atom. The van der Waals surface area contributed by atoms with Gasteiger partial charge in [0.25, 0.3) is 0 Å². The molecule has 1 aliphatic carbocycles. The standard InChI is InChI=1S/C26H33N5O.HI/c1-19-7-10-24(25(13-19)32-18-21-8-9-21)16-30-26(27-3)29-15-22-5-4-6-23(14-22)17-31-12-11-28-20(31)2;/h4-7,10-14,21H,8-9,15-18H2,1-3H3,(H2,27,29,30);1H. The Kier molecular flexibility index (Phi) is 9.17. The van der Waals surface area contributed by atoms with E-state index in [4.69, 9.17) is 4.74 Å². The fourth-order valence-electron chi connectivity index (χ4n) is 3.63. The van der Waals surface area contributed by atoms with Crippen molar-refractivity contribution < 1.29 is 4.74 Å². The summed E-state index contributed by atoms with van der Waals surface area (Å²) in [5, 5.41) is 6.85. The molecular weight excluding hydrogens is 525 g/mol. The first kappa shape index (κ1) is 25.1. The predicted molar refractivity (Wildman–Crippen MR) is 144 cm³/mol. The van der Waals surface area contributed by atoms with Crippen LogP contribution < -0.4 is 15.4 Å². The molecule has 1 heterocycles. The molecule has 2 N–H and O–H groups in total. The fraction of sp³-hybridized carbons (Fsp3) is 0.385. The Morgan fingerprint density at radius 1 is 1.09 bits per heavy atom. The summed E-state index contributed by atoms with van der Waals surface area (Å²) in [5.74, 6) is 3.51. The van der Waals surface area contributed by atoms with Crippen molar-refractivity contribution in [2.24, 2.45) is 10.9 Å². The molecule has 1 fully saturated rings. The van der Waals surface area contributed by atoms with E-state index in [0.717, 1.165) is 42.2 Å². The molecular formula is C26H34IN5O. The van der Waals surface area contributed by atoms with Crippen molar-refractivity contribution in [2.75, 3.05) is 13.7 Å². The quantitative estimate of drug-likeness (QED) is 0.224. The van der Waals surface area contributed by atoms with Crippen molar-refractivity contribution in [2.45, 2.75) is 46.3 Å². The minimum absolute atomic E-state index is 0. The van der Waals surface area contributed by atoms with Gasteiger partial charge in [-0.2, -0.15) is 0 Å². The first-order chi connectivity index (χ1) is 15.6. The number of aryl methyl sites for hydroxylation is 2. The van der Waals surface area contributed by atoms with E-state index >= 15 is 0 Å². The molecule has 3 aromatic rings. The molecule has 0 spiro atoms. The van der Waals surface area contributed by atoms with Crippen LogP contribution in [0, 0.1) is 19.8 Å². The highest BCUT2D eigenvalue weighted by Gasteiger charge is 2.22. The number of nitrogens with one attached hydrogen (secondary N) is 2. The Bertz CT molecular complexity index is 1070. The number of aromatic nitrogens is 2. The molecule has 0 atom stereocenters. The van der Waals surface area contributed by atoms with Gasteiger partial charge in [0.1, 0.15) is 11.6 Å². The van der Waals surface area contributed by atoms with E-state index in [0.29, 0.717) is 13.1 Å². The number of ether oxygens (including phenoxy) is 1. The maximum atomic E-state index is 6.09. The number of imidazole rings is 1. The van der Waals surface area contributed by atoms with Gasteiger partial charge < -0.3 is 19.9 Å². The number of rotatable bonds is 9. The van der Waals surface area contributed by atoms with Gasteiger partial charge in [0.2, 0.25) is 0 Å². The smallest absolute Gasteiger partial charge is 0.191 e. The van der Waals surface area contributed by atoms with E-state index < -0.39 is 0 Å². The summed E-state index contributed by atoms with van der Waals surface area (Å²) in [7, 11) is 1.80. The van der Waals surface area contributed by atoms with Gasteiger partial charge in [-0.3, -0.25) is 4.99 Å². The normalized spacial score (nSPS) is 13.4. The average molecular weight is 559 g/mol. The van der Waals surface area contributed by atoms with Crippen LogP contribution in [0.15, 0.2) is 59.9 Å². The predicted octanol–water partition coefficient (Wildman–Crippen LogP) is 4.82. The van der Waals surface area contributed by atoms with Crippen molar-refractivity contribution in [3.05, 3.63) is 82.9 Å². The van der Waals surface area contributed by atoms with Crippen LogP contribution >= 0.6 is 24.0 Å². The highest BCUT2D eigenvalue weighted by atomic mass is 127. The Morgan fingerprint density at radius 3 is 2.61 bits per heavy atom. The van der Waals surface area contributed by atoms with Gasteiger partial charge in [-0.1, -0.05) is 36.4 Å². The second kappa shape index (κ2) is 12.1. The van der Waals surface area contributed by atoms with Crippen molar-refractivity contribution in [3.8, 4) is 5.75 Å². The summed E-state index contributed by atoms with van der Waals surface area (Å²) in [5.41, 5.74) is 4.84. The Balaban J connectivity index is 0.00000306. The van der Waals surface area contributed by atoms with Gasteiger partial charge in [0.05, 0.1) is 6.61 Å². The fourth-order valence-corrected chi connectivity index (χ4v) is 3.63. The zero-order valence-electron chi connectivity index (χ0n) is 19.7. The number of hydrogen-bond acceptors (Lipinski definition) is 3. The molecule has 0 bridgehead atoms. The van der Waals surface area contributed by atoms with Gasteiger partial charge in [0, 0.05) is 44.6 Å². The van der Waals surface area contributed by atoms with E-state index in [1.54, 1.807) is 7.05 Å². The van der Waals surface area contributed by atoms with E-state index in [1.165, 1.54) is 29.5 Å². The molecule has 4 rings (SSSR count).